The zero-order valence-corrected chi connectivity index (χ0v) is 12.4. The lowest BCUT2D eigenvalue weighted by molar-refractivity contribution is 0.322. The van der Waals surface area contributed by atoms with Gasteiger partial charge in [-0.25, -0.2) is 13.6 Å². The van der Waals surface area contributed by atoms with Gasteiger partial charge in [0.25, 0.3) is 0 Å². The van der Waals surface area contributed by atoms with Gasteiger partial charge in [-0.2, -0.15) is 5.10 Å². The molecule has 1 heterocycles. The molecule has 0 unspecified atom stereocenters. The summed E-state index contributed by atoms with van der Waals surface area (Å²) in [6, 6.07) is 4.13. The minimum atomic E-state index is -3.75. The van der Waals surface area contributed by atoms with Gasteiger partial charge in [0.1, 0.15) is 5.75 Å². The third kappa shape index (κ3) is 3.72. The van der Waals surface area contributed by atoms with Crippen molar-refractivity contribution in [3.05, 3.63) is 41.2 Å². The summed E-state index contributed by atoms with van der Waals surface area (Å²) in [6.07, 6.45) is 4.34. The highest BCUT2D eigenvalue weighted by atomic mass is 35.5. The molecule has 0 radical (unpaired) electrons. The van der Waals surface area contributed by atoms with Crippen LogP contribution in [-0.4, -0.2) is 24.8 Å². The third-order valence-corrected chi connectivity index (χ3v) is 3.84. The monoisotopic (exact) mass is 315 g/mol. The van der Waals surface area contributed by atoms with Crippen molar-refractivity contribution in [2.24, 2.45) is 12.2 Å². The first-order chi connectivity index (χ1) is 9.36. The summed E-state index contributed by atoms with van der Waals surface area (Å²) in [6.45, 7) is 0.417. The molecule has 108 valence electrons. The number of nitrogens with two attached hydrogens (primary N) is 1. The maximum atomic E-state index is 11.2. The highest BCUT2D eigenvalue weighted by molar-refractivity contribution is 7.89. The Balaban J connectivity index is 2.00. The third-order valence-electron chi connectivity index (χ3n) is 2.64. The van der Waals surface area contributed by atoms with Crippen LogP contribution in [0.2, 0.25) is 5.02 Å². The van der Waals surface area contributed by atoms with Gasteiger partial charge in [-0.15, -0.1) is 0 Å². The summed E-state index contributed by atoms with van der Waals surface area (Å²) >= 11 is 5.96. The highest BCUT2D eigenvalue weighted by Crippen LogP contribution is 2.27. The Kier molecular flexibility index (Phi) is 4.32. The van der Waals surface area contributed by atoms with E-state index in [9.17, 15) is 8.42 Å². The van der Waals surface area contributed by atoms with E-state index in [1.165, 1.54) is 18.2 Å². The van der Waals surface area contributed by atoms with Gasteiger partial charge in [-0.05, 0) is 23.8 Å². The highest BCUT2D eigenvalue weighted by Gasteiger charge is 2.11. The van der Waals surface area contributed by atoms with E-state index < -0.39 is 10.0 Å². The average molecular weight is 316 g/mol. The Morgan fingerprint density at radius 1 is 1.45 bits per heavy atom. The number of hydrogen-bond acceptors (Lipinski definition) is 4. The van der Waals surface area contributed by atoms with Crippen molar-refractivity contribution in [1.29, 1.82) is 0 Å². The lowest BCUT2D eigenvalue weighted by Crippen LogP contribution is -2.12. The summed E-state index contributed by atoms with van der Waals surface area (Å²) in [4.78, 5) is -0.0397. The van der Waals surface area contributed by atoms with Crippen molar-refractivity contribution in [3.63, 3.8) is 0 Å². The van der Waals surface area contributed by atoms with Crippen LogP contribution >= 0.6 is 11.6 Å². The molecule has 0 amide bonds. The number of aryl methyl sites for hydroxylation is 1. The second kappa shape index (κ2) is 5.82. The molecule has 0 spiro atoms. The molecule has 0 bridgehead atoms. The summed E-state index contributed by atoms with van der Waals surface area (Å²) in [5.74, 6) is 0.419. The van der Waals surface area contributed by atoms with Crippen molar-refractivity contribution < 1.29 is 13.2 Å². The van der Waals surface area contributed by atoms with Crippen molar-refractivity contribution in [1.82, 2.24) is 9.78 Å². The molecular formula is C12H14ClN3O3S. The first-order valence-corrected chi connectivity index (χ1v) is 7.71. The fourth-order valence-corrected chi connectivity index (χ4v) is 2.50. The molecule has 1 aromatic heterocycles. The van der Waals surface area contributed by atoms with Crippen LogP contribution in [-0.2, 0) is 23.5 Å². The molecule has 8 heteroatoms. The first kappa shape index (κ1) is 14.8. The van der Waals surface area contributed by atoms with Crippen LogP contribution < -0.4 is 9.88 Å². The standard InChI is InChI=1S/C12H14ClN3O3S/c1-16-8-9(7-15-16)4-5-19-12-3-2-10(6-11(12)13)20(14,17)18/h2-3,6-8H,4-5H2,1H3,(H2,14,17,18). The van der Waals surface area contributed by atoms with E-state index in [0.29, 0.717) is 18.8 Å². The number of nitrogens with zero attached hydrogens (tertiary/aromatic N) is 2. The van der Waals surface area contributed by atoms with Crippen molar-refractivity contribution in [3.8, 4) is 5.75 Å². The lowest BCUT2D eigenvalue weighted by atomic mass is 10.3. The molecule has 6 nitrogen and oxygen atoms in total. The number of ether oxygens (including phenoxy) is 1. The van der Waals surface area contributed by atoms with Crippen LogP contribution in [0.15, 0.2) is 35.5 Å². The summed E-state index contributed by atoms with van der Waals surface area (Å²) in [5, 5.41) is 9.28. The lowest BCUT2D eigenvalue weighted by Gasteiger charge is -2.08. The van der Waals surface area contributed by atoms with Gasteiger partial charge in [0.05, 0.1) is 22.7 Å². The van der Waals surface area contributed by atoms with Crippen molar-refractivity contribution >= 4 is 21.6 Å². The quantitative estimate of drug-likeness (QED) is 0.902. The van der Waals surface area contributed by atoms with Gasteiger partial charge in [-0.1, -0.05) is 11.6 Å². The van der Waals surface area contributed by atoms with E-state index in [1.807, 2.05) is 13.2 Å². The second-order valence-electron chi connectivity index (χ2n) is 4.26. The van der Waals surface area contributed by atoms with Crippen molar-refractivity contribution in [2.75, 3.05) is 6.61 Å². The van der Waals surface area contributed by atoms with E-state index in [2.05, 4.69) is 5.10 Å². The van der Waals surface area contributed by atoms with Crippen LogP contribution in [0.1, 0.15) is 5.56 Å². The predicted molar refractivity (Wildman–Crippen MR) is 75.2 cm³/mol. The molecular weight excluding hydrogens is 302 g/mol. The molecule has 2 N–H and O–H groups in total. The molecule has 0 aliphatic rings. The van der Waals surface area contributed by atoms with E-state index in [1.54, 1.807) is 10.9 Å². The van der Waals surface area contributed by atoms with Crippen LogP contribution in [0.25, 0.3) is 0 Å². The number of aromatic nitrogens is 2. The van der Waals surface area contributed by atoms with E-state index in [-0.39, 0.29) is 9.92 Å². The molecule has 2 aromatic rings. The zero-order chi connectivity index (χ0) is 14.8. The van der Waals surface area contributed by atoms with Crippen molar-refractivity contribution in [2.45, 2.75) is 11.3 Å². The summed E-state index contributed by atoms with van der Waals surface area (Å²) in [7, 11) is -1.91. The van der Waals surface area contributed by atoms with Gasteiger partial charge in [0.15, 0.2) is 0 Å². The number of sulfonamides is 1. The first-order valence-electron chi connectivity index (χ1n) is 5.79. The van der Waals surface area contributed by atoms with E-state index in [0.717, 1.165) is 5.56 Å². The minimum Gasteiger partial charge on any atom is -0.492 e. The van der Waals surface area contributed by atoms with Gasteiger partial charge < -0.3 is 4.74 Å². The molecule has 0 atom stereocenters. The smallest absolute Gasteiger partial charge is 0.238 e. The zero-order valence-electron chi connectivity index (χ0n) is 10.8. The molecule has 0 saturated carbocycles. The Morgan fingerprint density at radius 2 is 2.20 bits per heavy atom. The van der Waals surface area contributed by atoms with Gasteiger partial charge in [0.2, 0.25) is 10.0 Å². The molecule has 20 heavy (non-hydrogen) atoms. The van der Waals surface area contributed by atoms with Crippen LogP contribution in [0.4, 0.5) is 0 Å². The Bertz CT molecular complexity index is 712. The topological polar surface area (TPSA) is 87.2 Å². The van der Waals surface area contributed by atoms with Gasteiger partial charge in [0, 0.05) is 19.7 Å². The van der Waals surface area contributed by atoms with Crippen LogP contribution in [0, 0.1) is 0 Å². The Labute approximate surface area is 122 Å². The number of primary sulfonamides is 1. The van der Waals surface area contributed by atoms with E-state index >= 15 is 0 Å². The molecule has 2 rings (SSSR count). The summed E-state index contributed by atoms with van der Waals surface area (Å²) < 4.78 is 29.6. The van der Waals surface area contributed by atoms with E-state index in [4.69, 9.17) is 21.5 Å². The number of hydrogen-bond donors (Lipinski definition) is 1. The summed E-state index contributed by atoms with van der Waals surface area (Å²) in [5.41, 5.74) is 1.05. The fourth-order valence-electron chi connectivity index (χ4n) is 1.66. The van der Waals surface area contributed by atoms with Gasteiger partial charge >= 0.3 is 0 Å². The normalized spacial score (nSPS) is 11.6. The predicted octanol–water partition coefficient (Wildman–Crippen LogP) is 1.34. The maximum absolute atomic E-state index is 11.2. The number of rotatable bonds is 5. The second-order valence-corrected chi connectivity index (χ2v) is 6.23. The molecule has 0 aliphatic heterocycles. The van der Waals surface area contributed by atoms with Crippen LogP contribution in [0.3, 0.4) is 0 Å². The molecule has 0 fully saturated rings. The molecule has 1 aromatic carbocycles. The fraction of sp³-hybridized carbons (Fsp3) is 0.250. The maximum Gasteiger partial charge on any atom is 0.238 e. The largest absolute Gasteiger partial charge is 0.492 e. The average Bonchev–Trinajstić information content (AvgIpc) is 2.76. The molecule has 0 aliphatic carbocycles. The SMILES string of the molecule is Cn1cc(CCOc2ccc(S(N)(=O)=O)cc2Cl)cn1. The van der Waals surface area contributed by atoms with Gasteiger partial charge in [-0.3, -0.25) is 4.68 Å². The Hall–Kier alpha value is -1.57. The number of benzene rings is 1. The minimum absolute atomic E-state index is 0.0397. The number of halogens is 1. The Morgan fingerprint density at radius 3 is 2.75 bits per heavy atom. The van der Waals surface area contributed by atoms with Crippen LogP contribution in [0.5, 0.6) is 5.75 Å². The molecule has 0 saturated heterocycles.